The van der Waals surface area contributed by atoms with Gasteiger partial charge in [-0.25, -0.2) is 0 Å². The summed E-state index contributed by atoms with van der Waals surface area (Å²) in [6.07, 6.45) is 0. The van der Waals surface area contributed by atoms with Crippen LogP contribution in [0.2, 0.25) is 0 Å². The van der Waals surface area contributed by atoms with Gasteiger partial charge in [-0.1, -0.05) is 220 Å². The second kappa shape index (κ2) is 14.4. The van der Waals surface area contributed by atoms with Crippen LogP contribution in [0.25, 0.3) is 55.3 Å². The zero-order chi connectivity index (χ0) is 42.1. The van der Waals surface area contributed by atoms with Crippen molar-refractivity contribution in [1.29, 1.82) is 0 Å². The van der Waals surface area contributed by atoms with E-state index in [4.69, 9.17) is 0 Å². The highest BCUT2D eigenvalue weighted by Crippen LogP contribution is 2.57. The molecule has 0 spiro atoms. The summed E-state index contributed by atoms with van der Waals surface area (Å²) in [6, 6.07) is 87.6. The molecule has 10 aromatic rings. The van der Waals surface area contributed by atoms with Gasteiger partial charge in [0.25, 0.3) is 0 Å². The average molecular weight is 804 g/mol. The van der Waals surface area contributed by atoms with Gasteiger partial charge in [0.1, 0.15) is 0 Å². The second-order valence-corrected chi connectivity index (χ2v) is 17.6. The third kappa shape index (κ3) is 5.56. The molecule has 0 bridgehead atoms. The van der Waals surface area contributed by atoms with Crippen LogP contribution < -0.4 is 4.90 Å². The smallest absolute Gasteiger partial charge is 0.0713 e. The lowest BCUT2D eigenvalue weighted by Gasteiger charge is -2.33. The van der Waals surface area contributed by atoms with Gasteiger partial charge >= 0.3 is 0 Å². The number of rotatable bonds is 7. The Hall–Kier alpha value is -7.74. The van der Waals surface area contributed by atoms with E-state index in [0.29, 0.717) is 0 Å². The minimum atomic E-state index is -0.417. The number of nitrogens with zero attached hydrogens (tertiary/aromatic N) is 1. The lowest BCUT2D eigenvalue weighted by molar-refractivity contribution is 0.660. The minimum absolute atomic E-state index is 0.0910. The lowest BCUT2D eigenvalue weighted by Crippen LogP contribution is -2.28. The molecule has 12 rings (SSSR count). The maximum absolute atomic E-state index is 2.47. The van der Waals surface area contributed by atoms with Crippen LogP contribution in [0, 0.1) is 0 Å². The van der Waals surface area contributed by atoms with Gasteiger partial charge in [0.15, 0.2) is 0 Å². The molecule has 0 fully saturated rings. The zero-order valence-corrected chi connectivity index (χ0v) is 35.5. The monoisotopic (exact) mass is 803 g/mol. The van der Waals surface area contributed by atoms with E-state index in [1.807, 2.05) is 0 Å². The number of para-hydroxylation sites is 1. The van der Waals surface area contributed by atoms with Crippen molar-refractivity contribution in [2.75, 3.05) is 4.90 Å². The Bertz CT molecular complexity index is 3310. The molecule has 0 saturated heterocycles. The summed E-state index contributed by atoms with van der Waals surface area (Å²) in [6.45, 7) is 4.72. The van der Waals surface area contributed by atoms with Gasteiger partial charge in [0.2, 0.25) is 0 Å². The van der Waals surface area contributed by atoms with Crippen molar-refractivity contribution in [3.63, 3.8) is 0 Å². The Morgan fingerprint density at radius 2 is 0.857 bits per heavy atom. The molecule has 0 heterocycles. The molecule has 10 aromatic carbocycles. The largest absolute Gasteiger partial charge is 0.309 e. The third-order valence-electron chi connectivity index (χ3n) is 14.0. The van der Waals surface area contributed by atoms with Crippen LogP contribution in [0.4, 0.5) is 17.1 Å². The lowest BCUT2D eigenvalue weighted by atomic mass is 9.67. The van der Waals surface area contributed by atoms with Crippen LogP contribution in [0.3, 0.4) is 0 Å². The fourth-order valence-corrected chi connectivity index (χ4v) is 11.1. The second-order valence-electron chi connectivity index (χ2n) is 17.6. The van der Waals surface area contributed by atoms with Crippen LogP contribution in [0.15, 0.2) is 237 Å². The van der Waals surface area contributed by atoms with Gasteiger partial charge in [-0.2, -0.15) is 0 Å². The highest BCUT2D eigenvalue weighted by atomic mass is 15.1. The van der Waals surface area contributed by atoms with Crippen molar-refractivity contribution >= 4 is 27.8 Å². The van der Waals surface area contributed by atoms with E-state index in [9.17, 15) is 0 Å². The maximum Gasteiger partial charge on any atom is 0.0713 e. The molecular weight excluding hydrogens is 759 g/mol. The average Bonchev–Trinajstić information content (AvgIpc) is 3.78. The molecular formula is C62H45N. The normalized spacial score (nSPS) is 13.8. The number of anilines is 3. The Morgan fingerprint density at radius 3 is 1.62 bits per heavy atom. The first kappa shape index (κ1) is 37.1. The van der Waals surface area contributed by atoms with Crippen molar-refractivity contribution in [3.05, 3.63) is 270 Å². The fraction of sp³-hybridized carbons (Fsp3) is 0.0645. The number of hydrogen-bond donors (Lipinski definition) is 0. The molecule has 1 nitrogen and oxygen atoms in total. The molecule has 2 aliphatic carbocycles. The predicted molar refractivity (Wildman–Crippen MR) is 264 cm³/mol. The molecule has 0 saturated carbocycles. The molecule has 0 unspecified atom stereocenters. The quantitative estimate of drug-likeness (QED) is 0.155. The molecule has 0 aromatic heterocycles. The standard InChI is InChI=1S/C62H45N/c1-61(2)54-30-14-12-28-52(54)60-51(29-18-32-57(60)61)50-27-13-16-33-59(50)63(58-34-17-20-43-19-9-10-25-48(43)58)47-38-35-42(36-39-47)44-37-40-56-53(41-44)49-26-11-15-31-55(49)62(56,45-21-5-3-6-22-45)46-23-7-4-8-24-46/h3-41H,1-2H3. The highest BCUT2D eigenvalue weighted by molar-refractivity contribution is 6.03. The highest BCUT2D eigenvalue weighted by Gasteiger charge is 2.46. The fourth-order valence-electron chi connectivity index (χ4n) is 11.1. The topological polar surface area (TPSA) is 3.24 Å². The van der Waals surface area contributed by atoms with E-state index < -0.39 is 5.41 Å². The van der Waals surface area contributed by atoms with Gasteiger partial charge in [-0.05, 0) is 108 Å². The van der Waals surface area contributed by atoms with Gasteiger partial charge < -0.3 is 4.90 Å². The first-order valence-corrected chi connectivity index (χ1v) is 22.1. The van der Waals surface area contributed by atoms with Crippen molar-refractivity contribution < 1.29 is 0 Å². The molecule has 298 valence electrons. The Balaban J connectivity index is 1.02. The van der Waals surface area contributed by atoms with E-state index in [1.165, 1.54) is 88.7 Å². The van der Waals surface area contributed by atoms with E-state index in [2.05, 4.69) is 255 Å². The summed E-state index contributed by atoms with van der Waals surface area (Å²) in [5.74, 6) is 0. The molecule has 0 radical (unpaired) electrons. The Kier molecular flexibility index (Phi) is 8.49. The summed E-state index contributed by atoms with van der Waals surface area (Å²) in [7, 11) is 0. The summed E-state index contributed by atoms with van der Waals surface area (Å²) in [5.41, 5.74) is 20.9. The van der Waals surface area contributed by atoms with Crippen molar-refractivity contribution in [3.8, 4) is 44.5 Å². The van der Waals surface area contributed by atoms with Crippen molar-refractivity contribution in [2.45, 2.75) is 24.7 Å². The molecule has 2 aliphatic rings. The Labute approximate surface area is 370 Å². The number of hydrogen-bond acceptors (Lipinski definition) is 1. The van der Waals surface area contributed by atoms with Gasteiger partial charge in [-0.3, -0.25) is 0 Å². The molecule has 0 atom stereocenters. The maximum atomic E-state index is 2.47. The van der Waals surface area contributed by atoms with E-state index >= 15 is 0 Å². The summed E-state index contributed by atoms with van der Waals surface area (Å²) in [5, 5.41) is 2.42. The number of benzene rings is 10. The van der Waals surface area contributed by atoms with Crippen molar-refractivity contribution in [2.24, 2.45) is 0 Å². The first-order chi connectivity index (χ1) is 31.0. The summed E-state index contributed by atoms with van der Waals surface area (Å²) < 4.78 is 0. The van der Waals surface area contributed by atoms with Crippen LogP contribution in [-0.4, -0.2) is 0 Å². The molecule has 63 heavy (non-hydrogen) atoms. The third-order valence-corrected chi connectivity index (χ3v) is 14.0. The summed E-state index contributed by atoms with van der Waals surface area (Å²) >= 11 is 0. The van der Waals surface area contributed by atoms with Crippen LogP contribution in [0.5, 0.6) is 0 Å². The predicted octanol–water partition coefficient (Wildman–Crippen LogP) is 16.3. The molecule has 0 N–H and O–H groups in total. The SMILES string of the molecule is CC1(C)c2ccccc2-c2c(-c3ccccc3N(c3ccc(-c4ccc5c(c4)-c4ccccc4C5(c4ccccc4)c4ccccc4)cc3)c3cccc4ccccc34)cccc21. The summed E-state index contributed by atoms with van der Waals surface area (Å²) in [4.78, 5) is 2.47. The minimum Gasteiger partial charge on any atom is -0.309 e. The zero-order valence-electron chi connectivity index (χ0n) is 35.5. The number of fused-ring (bicyclic) bond motifs is 7. The molecule has 0 aliphatic heterocycles. The van der Waals surface area contributed by atoms with Gasteiger partial charge in [0, 0.05) is 22.1 Å². The van der Waals surface area contributed by atoms with Crippen LogP contribution in [-0.2, 0) is 10.8 Å². The van der Waals surface area contributed by atoms with Gasteiger partial charge in [0.05, 0.1) is 16.8 Å². The van der Waals surface area contributed by atoms with Crippen LogP contribution >= 0.6 is 0 Å². The van der Waals surface area contributed by atoms with Crippen LogP contribution in [0.1, 0.15) is 47.2 Å². The van der Waals surface area contributed by atoms with E-state index in [-0.39, 0.29) is 5.41 Å². The van der Waals surface area contributed by atoms with E-state index in [0.717, 1.165) is 17.1 Å². The Morgan fingerprint density at radius 1 is 0.333 bits per heavy atom. The molecule has 0 amide bonds. The van der Waals surface area contributed by atoms with E-state index in [1.54, 1.807) is 0 Å². The first-order valence-electron chi connectivity index (χ1n) is 22.1. The molecule has 1 heteroatoms. The van der Waals surface area contributed by atoms with Gasteiger partial charge in [-0.15, -0.1) is 0 Å². The van der Waals surface area contributed by atoms with Crippen molar-refractivity contribution in [1.82, 2.24) is 0 Å².